The Kier molecular flexibility index (Phi) is 5.18. The molecule has 0 unspecified atom stereocenters. The number of hydrogen-bond donors (Lipinski definition) is 0. The number of nitrogens with zero attached hydrogens (tertiary/aromatic N) is 1. The van der Waals surface area contributed by atoms with Gasteiger partial charge in [0.1, 0.15) is 0 Å². The molecule has 0 saturated heterocycles. The minimum Gasteiger partial charge on any atom is -0.378 e. The van der Waals surface area contributed by atoms with Crippen molar-refractivity contribution in [2.45, 2.75) is 44.1 Å². The average Bonchev–Trinajstić information content (AvgIpc) is 2.48. The molecular formula is C17H21NO. The van der Waals surface area contributed by atoms with Gasteiger partial charge in [-0.25, -0.2) is 0 Å². The second-order valence-electron chi connectivity index (χ2n) is 5.16. The van der Waals surface area contributed by atoms with Crippen LogP contribution in [0.15, 0.2) is 36.9 Å². The van der Waals surface area contributed by atoms with Gasteiger partial charge in [-0.1, -0.05) is 18.2 Å². The van der Waals surface area contributed by atoms with Gasteiger partial charge in [0.2, 0.25) is 0 Å². The van der Waals surface area contributed by atoms with Crippen molar-refractivity contribution in [3.8, 4) is 6.07 Å². The molecule has 1 aromatic carbocycles. The van der Waals surface area contributed by atoms with E-state index in [1.54, 1.807) is 0 Å². The average molecular weight is 255 g/mol. The third kappa shape index (κ3) is 3.94. The van der Waals surface area contributed by atoms with Crippen molar-refractivity contribution < 1.29 is 4.74 Å². The van der Waals surface area contributed by atoms with E-state index in [0.29, 0.717) is 12.0 Å². The minimum atomic E-state index is 0.426. The largest absolute Gasteiger partial charge is 0.378 e. The van der Waals surface area contributed by atoms with Gasteiger partial charge in [0, 0.05) is 0 Å². The maximum atomic E-state index is 8.80. The highest BCUT2D eigenvalue weighted by molar-refractivity contribution is 5.33. The summed E-state index contributed by atoms with van der Waals surface area (Å²) in [5.74, 6) is 0.631. The quantitative estimate of drug-likeness (QED) is 0.584. The first-order valence-corrected chi connectivity index (χ1v) is 7.06. The Balaban J connectivity index is 1.82. The van der Waals surface area contributed by atoms with Crippen molar-refractivity contribution in [1.29, 1.82) is 5.26 Å². The number of ether oxygens (including phenoxy) is 1. The zero-order chi connectivity index (χ0) is 13.5. The molecule has 1 fully saturated rings. The molecule has 1 aromatic rings. The Morgan fingerprint density at radius 2 is 1.89 bits per heavy atom. The van der Waals surface area contributed by atoms with Crippen LogP contribution in [0.2, 0.25) is 0 Å². The topological polar surface area (TPSA) is 33.0 Å². The maximum Gasteiger partial charge on any atom is 0.0991 e. The number of rotatable bonds is 5. The smallest absolute Gasteiger partial charge is 0.0991 e. The van der Waals surface area contributed by atoms with E-state index in [2.05, 4.69) is 24.8 Å². The van der Waals surface area contributed by atoms with Crippen LogP contribution in [0.25, 0.3) is 0 Å². The second-order valence-corrected chi connectivity index (χ2v) is 5.16. The molecule has 0 atom stereocenters. The van der Waals surface area contributed by atoms with Crippen LogP contribution in [0.1, 0.15) is 49.1 Å². The summed E-state index contributed by atoms with van der Waals surface area (Å²) in [6, 6.07) is 10.2. The molecule has 2 nitrogen and oxygen atoms in total. The molecule has 1 aliphatic rings. The molecular weight excluding hydrogens is 234 g/mol. The Hall–Kier alpha value is -1.59. The molecule has 0 aromatic heterocycles. The van der Waals surface area contributed by atoms with Crippen LogP contribution < -0.4 is 0 Å². The highest BCUT2D eigenvalue weighted by Crippen LogP contribution is 2.34. The predicted molar refractivity (Wildman–Crippen MR) is 76.9 cm³/mol. The van der Waals surface area contributed by atoms with Gasteiger partial charge in [-0.05, 0) is 55.7 Å². The van der Waals surface area contributed by atoms with E-state index < -0.39 is 0 Å². The molecule has 1 aliphatic carbocycles. The number of benzene rings is 1. The zero-order valence-corrected chi connectivity index (χ0v) is 11.3. The molecule has 0 heterocycles. The van der Waals surface area contributed by atoms with Gasteiger partial charge in [-0.2, -0.15) is 5.26 Å². The Labute approximate surface area is 115 Å². The lowest BCUT2D eigenvalue weighted by Crippen LogP contribution is -2.21. The monoisotopic (exact) mass is 255 g/mol. The van der Waals surface area contributed by atoms with Crippen molar-refractivity contribution in [1.82, 2.24) is 0 Å². The van der Waals surface area contributed by atoms with Crippen LogP contribution in [0.3, 0.4) is 0 Å². The fraction of sp³-hybridized carbons (Fsp3) is 0.471. The Bertz CT molecular complexity index is 435. The molecule has 0 spiro atoms. The van der Waals surface area contributed by atoms with Crippen LogP contribution in [0, 0.1) is 11.3 Å². The van der Waals surface area contributed by atoms with Crippen LogP contribution in [-0.4, -0.2) is 12.7 Å². The Morgan fingerprint density at radius 1 is 1.21 bits per heavy atom. The number of nitriles is 1. The van der Waals surface area contributed by atoms with Crippen molar-refractivity contribution in [3.05, 3.63) is 48.0 Å². The highest BCUT2D eigenvalue weighted by Gasteiger charge is 2.22. The molecule has 0 bridgehead atoms. The summed E-state index contributed by atoms with van der Waals surface area (Å²) in [5, 5.41) is 8.80. The van der Waals surface area contributed by atoms with Gasteiger partial charge < -0.3 is 4.74 Å². The lowest BCUT2D eigenvalue weighted by molar-refractivity contribution is 0.0274. The van der Waals surface area contributed by atoms with Crippen molar-refractivity contribution >= 4 is 0 Å². The summed E-state index contributed by atoms with van der Waals surface area (Å²) in [4.78, 5) is 0. The van der Waals surface area contributed by atoms with Crippen LogP contribution >= 0.6 is 0 Å². The maximum absolute atomic E-state index is 8.80. The summed E-state index contributed by atoms with van der Waals surface area (Å²) in [6.45, 7) is 4.51. The molecule has 1 saturated carbocycles. The van der Waals surface area contributed by atoms with Gasteiger partial charge in [-0.15, -0.1) is 6.58 Å². The summed E-state index contributed by atoms with van der Waals surface area (Å²) >= 11 is 0. The minimum absolute atomic E-state index is 0.426. The third-order valence-electron chi connectivity index (χ3n) is 3.86. The van der Waals surface area contributed by atoms with E-state index in [0.717, 1.165) is 31.4 Å². The molecule has 2 rings (SSSR count). The standard InChI is InChI=1S/C17H21NO/c1-2-3-12-19-17-10-8-16(9-11-17)15-6-4-14(13-18)5-7-15/h2,4-7,16-17H,1,3,8-12H2. The first-order valence-electron chi connectivity index (χ1n) is 7.06. The van der Waals surface area contributed by atoms with Crippen molar-refractivity contribution in [2.75, 3.05) is 6.61 Å². The zero-order valence-electron chi connectivity index (χ0n) is 11.3. The van der Waals surface area contributed by atoms with Crippen molar-refractivity contribution in [2.24, 2.45) is 0 Å². The number of hydrogen-bond acceptors (Lipinski definition) is 2. The van der Waals surface area contributed by atoms with E-state index in [-0.39, 0.29) is 0 Å². The summed E-state index contributed by atoms with van der Waals surface area (Å²) in [5.41, 5.74) is 2.11. The Morgan fingerprint density at radius 3 is 2.47 bits per heavy atom. The van der Waals surface area contributed by atoms with E-state index in [1.807, 2.05) is 18.2 Å². The van der Waals surface area contributed by atoms with E-state index >= 15 is 0 Å². The molecule has 0 N–H and O–H groups in total. The lowest BCUT2D eigenvalue weighted by Gasteiger charge is -2.28. The van der Waals surface area contributed by atoms with Gasteiger partial charge in [0.15, 0.2) is 0 Å². The first kappa shape index (κ1) is 13.8. The van der Waals surface area contributed by atoms with E-state index in [1.165, 1.54) is 18.4 Å². The van der Waals surface area contributed by atoms with Gasteiger partial charge >= 0.3 is 0 Å². The van der Waals surface area contributed by atoms with Crippen LogP contribution in [0.5, 0.6) is 0 Å². The summed E-state index contributed by atoms with van der Waals surface area (Å²) in [6.07, 6.45) is 7.92. The van der Waals surface area contributed by atoms with E-state index in [9.17, 15) is 0 Å². The molecule has 19 heavy (non-hydrogen) atoms. The highest BCUT2D eigenvalue weighted by atomic mass is 16.5. The molecule has 100 valence electrons. The van der Waals surface area contributed by atoms with Crippen LogP contribution in [-0.2, 0) is 4.74 Å². The van der Waals surface area contributed by atoms with Crippen LogP contribution in [0.4, 0.5) is 0 Å². The predicted octanol–water partition coefficient (Wildman–Crippen LogP) is 4.18. The fourth-order valence-corrected chi connectivity index (χ4v) is 2.71. The fourth-order valence-electron chi connectivity index (χ4n) is 2.71. The lowest BCUT2D eigenvalue weighted by atomic mass is 9.82. The molecule has 0 radical (unpaired) electrons. The SMILES string of the molecule is C=CCCOC1CCC(c2ccc(C#N)cc2)CC1. The normalized spacial score (nSPS) is 22.7. The van der Waals surface area contributed by atoms with Crippen molar-refractivity contribution in [3.63, 3.8) is 0 Å². The van der Waals surface area contributed by atoms with E-state index in [4.69, 9.17) is 10.00 Å². The molecule has 0 amide bonds. The summed E-state index contributed by atoms with van der Waals surface area (Å²) in [7, 11) is 0. The molecule has 0 aliphatic heterocycles. The first-order chi connectivity index (χ1) is 9.33. The summed E-state index contributed by atoms with van der Waals surface area (Å²) < 4.78 is 5.83. The van der Waals surface area contributed by atoms with Gasteiger partial charge in [-0.3, -0.25) is 0 Å². The van der Waals surface area contributed by atoms with Gasteiger partial charge in [0.25, 0.3) is 0 Å². The van der Waals surface area contributed by atoms with Gasteiger partial charge in [0.05, 0.1) is 24.3 Å². The third-order valence-corrected chi connectivity index (χ3v) is 3.86. The second kappa shape index (κ2) is 7.11. The molecule has 2 heteroatoms.